The van der Waals surface area contributed by atoms with Gasteiger partial charge in [0.25, 0.3) is 5.91 Å². The molecule has 4 heterocycles. The molecule has 0 spiro atoms. The number of amides is 4. The molecule has 448 valence electrons. The Hall–Kier alpha value is -7.39. The zero-order valence-corrected chi connectivity index (χ0v) is 48.9. The number of oxime groups is 1. The molecule has 3 aliphatic rings. The van der Waals surface area contributed by atoms with Crippen LogP contribution >= 0.6 is 23.2 Å². The maximum Gasteiger partial charge on any atom is 0.317 e. The van der Waals surface area contributed by atoms with Crippen LogP contribution < -0.4 is 14.8 Å². The van der Waals surface area contributed by atoms with Crippen molar-refractivity contribution in [3.63, 3.8) is 0 Å². The summed E-state index contributed by atoms with van der Waals surface area (Å²) < 4.78 is 19.7. The van der Waals surface area contributed by atoms with E-state index in [1.54, 1.807) is 67.5 Å². The zero-order valence-electron chi connectivity index (χ0n) is 47.4. The molecule has 7 rings (SSSR count). The molecule has 4 aromatic rings. The van der Waals surface area contributed by atoms with Gasteiger partial charge < -0.3 is 54.4 Å². The van der Waals surface area contributed by atoms with Crippen molar-refractivity contribution >= 4 is 70.5 Å². The highest BCUT2D eigenvalue weighted by molar-refractivity contribution is 6.34. The van der Waals surface area contributed by atoms with Crippen LogP contribution in [0.25, 0.3) is 28.1 Å². The number of nitrogens with zero attached hydrogens (tertiary/aromatic N) is 10. The van der Waals surface area contributed by atoms with E-state index < -0.39 is 41.2 Å². The predicted molar refractivity (Wildman–Crippen MR) is 306 cm³/mol. The minimum Gasteiger partial charge on any atom is -0.496 e. The Morgan fingerprint density at radius 1 is 0.747 bits per heavy atom. The SMILES string of the molecule is COc1cc2c(cc1-c1cccc(/C(C)=N/OCCNC(=O)CN(C)C(=O)CN(C)C(=O)CN3CCN(CC(=O)O)CCN(CC(=O)O)CCN(CC(=O)O)CC3)c1)-c1c(c(C(=O)N3CCOCC3(C)C)nn1-c1cc(Cl)cc(Cl)c1)CO2. The monoisotopic (exact) mass is 1190 g/mol. The van der Waals surface area contributed by atoms with E-state index >= 15 is 0 Å². The summed E-state index contributed by atoms with van der Waals surface area (Å²) in [6.45, 7) is 7.03. The van der Waals surface area contributed by atoms with Gasteiger partial charge in [0.1, 0.15) is 24.7 Å². The second-order valence-electron chi connectivity index (χ2n) is 21.1. The van der Waals surface area contributed by atoms with Crippen molar-refractivity contribution in [2.75, 3.05) is 146 Å². The number of likely N-dealkylation sites (N-methyl/N-ethyl adjacent to an activating group) is 2. The molecule has 25 nitrogen and oxygen atoms in total. The second-order valence-corrected chi connectivity index (χ2v) is 22.0. The highest BCUT2D eigenvalue weighted by Gasteiger charge is 2.40. The Bertz CT molecular complexity index is 3030. The fraction of sp³-hybridized carbons (Fsp3) is 0.482. The Morgan fingerprint density at radius 2 is 1.33 bits per heavy atom. The lowest BCUT2D eigenvalue weighted by Gasteiger charge is -2.41. The van der Waals surface area contributed by atoms with E-state index in [9.17, 15) is 48.9 Å². The van der Waals surface area contributed by atoms with Gasteiger partial charge in [0.2, 0.25) is 17.7 Å². The number of methoxy groups -OCH3 is 1. The summed E-state index contributed by atoms with van der Waals surface area (Å²) in [6, 6.07) is 16.4. The summed E-state index contributed by atoms with van der Waals surface area (Å²) in [6.07, 6.45) is 0. The molecule has 3 aliphatic heterocycles. The van der Waals surface area contributed by atoms with Gasteiger partial charge in [0, 0.05) is 106 Å². The minimum absolute atomic E-state index is 0.000498. The third-order valence-corrected chi connectivity index (χ3v) is 14.8. The number of halogens is 2. The van der Waals surface area contributed by atoms with Crippen LogP contribution in [0.2, 0.25) is 10.0 Å². The van der Waals surface area contributed by atoms with Crippen molar-refractivity contribution in [1.29, 1.82) is 0 Å². The van der Waals surface area contributed by atoms with Gasteiger partial charge in [-0.2, -0.15) is 5.10 Å². The van der Waals surface area contributed by atoms with Gasteiger partial charge in [-0.05, 0) is 62.2 Å². The van der Waals surface area contributed by atoms with Crippen LogP contribution in [0.5, 0.6) is 11.5 Å². The van der Waals surface area contributed by atoms with Crippen LogP contribution in [0.3, 0.4) is 0 Å². The molecular weight excluding hydrogens is 1120 g/mol. The van der Waals surface area contributed by atoms with Crippen LogP contribution in [0.4, 0.5) is 0 Å². The molecule has 0 saturated carbocycles. The molecule has 83 heavy (non-hydrogen) atoms. The Morgan fingerprint density at radius 3 is 1.89 bits per heavy atom. The molecule has 0 atom stereocenters. The molecule has 27 heteroatoms. The van der Waals surface area contributed by atoms with E-state index in [4.69, 9.17) is 47.3 Å². The van der Waals surface area contributed by atoms with Crippen molar-refractivity contribution < 1.29 is 67.9 Å². The molecule has 4 N–H and O–H groups in total. The van der Waals surface area contributed by atoms with Gasteiger partial charge in [0.05, 0.1) is 88.8 Å². The van der Waals surface area contributed by atoms with Gasteiger partial charge in [-0.15, -0.1) is 0 Å². The van der Waals surface area contributed by atoms with Crippen LogP contribution in [-0.2, 0) is 44.9 Å². The summed E-state index contributed by atoms with van der Waals surface area (Å²) in [7, 11) is 4.45. The number of aliphatic carboxylic acids is 3. The average molecular weight is 1190 g/mol. The lowest BCUT2D eigenvalue weighted by molar-refractivity contribution is -0.141. The highest BCUT2D eigenvalue weighted by atomic mass is 35.5. The highest BCUT2D eigenvalue weighted by Crippen LogP contribution is 2.47. The molecule has 0 aliphatic carbocycles. The molecule has 3 aromatic carbocycles. The van der Waals surface area contributed by atoms with E-state index in [0.29, 0.717) is 75.1 Å². The largest absolute Gasteiger partial charge is 0.496 e. The first-order chi connectivity index (χ1) is 39.5. The number of fused-ring (bicyclic) bond motifs is 3. The smallest absolute Gasteiger partial charge is 0.317 e. The van der Waals surface area contributed by atoms with Gasteiger partial charge >= 0.3 is 17.9 Å². The summed E-state index contributed by atoms with van der Waals surface area (Å²) >= 11 is 13.1. The molecule has 0 radical (unpaired) electrons. The third-order valence-electron chi connectivity index (χ3n) is 14.4. The van der Waals surface area contributed by atoms with Gasteiger partial charge in [-0.3, -0.25) is 53.2 Å². The molecule has 2 saturated heterocycles. The van der Waals surface area contributed by atoms with Crippen LogP contribution in [-0.4, -0.2) is 258 Å². The summed E-state index contributed by atoms with van der Waals surface area (Å²) in [5.74, 6) is -3.85. The quantitative estimate of drug-likeness (QED) is 0.0530. The predicted octanol–water partition coefficient (Wildman–Crippen LogP) is 2.91. The van der Waals surface area contributed by atoms with Gasteiger partial charge in [0.15, 0.2) is 5.69 Å². The van der Waals surface area contributed by atoms with E-state index in [2.05, 4.69) is 10.5 Å². The maximum atomic E-state index is 14.4. The summed E-state index contributed by atoms with van der Waals surface area (Å²) in [5, 5.41) is 41.3. The normalized spacial score (nSPS) is 16.5. The number of carboxylic acids is 3. The van der Waals surface area contributed by atoms with Crippen molar-refractivity contribution in [2.45, 2.75) is 32.9 Å². The molecule has 4 amide bonds. The van der Waals surface area contributed by atoms with Crippen molar-refractivity contribution in [3.8, 4) is 39.6 Å². The lowest BCUT2D eigenvalue weighted by Crippen LogP contribution is -2.55. The number of nitrogens with one attached hydrogen (secondary N) is 1. The number of carbonyl (C=O) groups excluding carboxylic acids is 4. The topological polar surface area (TPSA) is 282 Å². The minimum atomic E-state index is -1.07. The van der Waals surface area contributed by atoms with Crippen LogP contribution in [0.15, 0.2) is 59.8 Å². The molecule has 0 unspecified atom stereocenters. The van der Waals surface area contributed by atoms with Gasteiger partial charge in [-0.25, -0.2) is 4.68 Å². The number of hydrogen-bond acceptors (Lipinski definition) is 17. The van der Waals surface area contributed by atoms with Crippen LogP contribution in [0, 0.1) is 0 Å². The number of rotatable bonds is 21. The first-order valence-electron chi connectivity index (χ1n) is 26.9. The number of hydrogen-bond donors (Lipinski definition) is 4. The zero-order chi connectivity index (χ0) is 60.1. The lowest BCUT2D eigenvalue weighted by atomic mass is 9.94. The van der Waals surface area contributed by atoms with Gasteiger partial charge in [-0.1, -0.05) is 46.6 Å². The number of carbonyl (C=O) groups is 7. The van der Waals surface area contributed by atoms with Crippen molar-refractivity contribution in [3.05, 3.63) is 81.5 Å². The fourth-order valence-electron chi connectivity index (χ4n) is 9.87. The Kier molecular flexibility index (Phi) is 21.9. The van der Waals surface area contributed by atoms with E-state index in [-0.39, 0.29) is 123 Å². The van der Waals surface area contributed by atoms with Crippen molar-refractivity contribution in [2.24, 2.45) is 5.16 Å². The number of benzene rings is 3. The number of carboxylic acid groups (broad SMARTS) is 3. The standard InChI is InChI=1S/C56H71Cl2N11O14/c1-36(61-83-20-10-59-47(70)28-62(4)48(71)29-63(5)49(72)30-64-11-13-65(31-50(73)74)15-17-67(33-52(77)78)18-16-66(14-12-64)32-51(75)76)37-8-7-9-38(22-37)42-26-43-46(27-45(42)80-6)82-34-44-53(55(79)68-19-21-81-35-56(68,2)3)60-69(54(43)44)41-24-39(57)23-40(58)25-41/h7-9,22-27H,10-21,28-35H2,1-6H3,(H,59,70)(H,73,74)(H,75,76)(H,77,78)/b61-36+. The summed E-state index contributed by atoms with van der Waals surface area (Å²) in [4.78, 5) is 105. The summed E-state index contributed by atoms with van der Waals surface area (Å²) in [5.41, 5.74) is 4.80. The second kappa shape index (κ2) is 28.7. The molecular formula is C56H71Cl2N11O14. The number of morpholine rings is 1. The molecule has 2 fully saturated rings. The molecule has 0 bridgehead atoms. The Balaban J connectivity index is 0.947. The van der Waals surface area contributed by atoms with Crippen molar-refractivity contribution in [1.82, 2.24) is 49.4 Å². The van der Waals surface area contributed by atoms with Crippen LogP contribution in [0.1, 0.15) is 42.4 Å². The fourth-order valence-corrected chi connectivity index (χ4v) is 10.4. The van der Waals surface area contributed by atoms with E-state index in [0.717, 1.165) is 11.1 Å². The average Bonchev–Trinajstić information content (AvgIpc) is 2.06. The first-order valence-corrected chi connectivity index (χ1v) is 27.7. The Labute approximate surface area is 490 Å². The van der Waals surface area contributed by atoms with E-state index in [1.807, 2.05) is 44.2 Å². The van der Waals surface area contributed by atoms with E-state index in [1.165, 1.54) is 23.9 Å². The third kappa shape index (κ3) is 17.1. The number of ether oxygens (including phenoxy) is 3. The maximum absolute atomic E-state index is 14.4. The molecule has 1 aromatic heterocycles. The number of aromatic nitrogens is 2. The first kappa shape index (κ1) is 63.2.